The van der Waals surface area contributed by atoms with Crippen LogP contribution in [0.4, 0.5) is 11.5 Å². The fourth-order valence-electron chi connectivity index (χ4n) is 2.35. The maximum Gasteiger partial charge on any atom is 0.332 e. The minimum Gasteiger partial charge on any atom is -0.384 e. The average Bonchev–Trinajstić information content (AvgIpc) is 2.56. The van der Waals surface area contributed by atoms with Crippen LogP contribution in [0, 0.1) is 0 Å². The van der Waals surface area contributed by atoms with Gasteiger partial charge >= 0.3 is 5.69 Å². The first-order valence-corrected chi connectivity index (χ1v) is 8.28. The third-order valence-corrected chi connectivity index (χ3v) is 4.31. The molecule has 24 heavy (non-hydrogen) atoms. The van der Waals surface area contributed by atoms with Gasteiger partial charge in [-0.25, -0.2) is 4.79 Å². The summed E-state index contributed by atoms with van der Waals surface area (Å²) in [5.41, 5.74) is 5.30. The van der Waals surface area contributed by atoms with Gasteiger partial charge in [0.15, 0.2) is 5.78 Å². The van der Waals surface area contributed by atoms with Crippen molar-refractivity contribution in [1.82, 2.24) is 9.13 Å². The Kier molecular flexibility index (Phi) is 5.61. The van der Waals surface area contributed by atoms with Crippen molar-refractivity contribution < 1.29 is 4.79 Å². The molecule has 0 aliphatic heterocycles. The fourth-order valence-corrected chi connectivity index (χ4v) is 2.78. The molecule has 0 unspecified atom stereocenters. The van der Waals surface area contributed by atoms with Gasteiger partial charge in [0, 0.05) is 23.8 Å². The second-order valence-corrected chi connectivity index (χ2v) is 6.17. The number of nitrogens with zero attached hydrogens (tertiary/aromatic N) is 2. The van der Waals surface area contributed by atoms with Crippen LogP contribution >= 0.6 is 15.9 Å². The van der Waals surface area contributed by atoms with Crippen LogP contribution in [0.1, 0.15) is 23.7 Å². The van der Waals surface area contributed by atoms with E-state index >= 15 is 0 Å². The molecule has 0 aliphatic carbocycles. The van der Waals surface area contributed by atoms with Gasteiger partial charge in [0.1, 0.15) is 11.4 Å². The third-order valence-electron chi connectivity index (χ3n) is 3.62. The summed E-state index contributed by atoms with van der Waals surface area (Å²) in [4.78, 5) is 36.9. The third kappa shape index (κ3) is 3.43. The minimum absolute atomic E-state index is 0.0797. The van der Waals surface area contributed by atoms with Crippen LogP contribution in [0.25, 0.3) is 0 Å². The number of halogens is 1. The number of nitrogens with one attached hydrogen (secondary N) is 1. The van der Waals surface area contributed by atoms with E-state index in [1.807, 2.05) is 25.1 Å². The highest BCUT2D eigenvalue weighted by atomic mass is 79.9. The van der Waals surface area contributed by atoms with E-state index in [1.54, 1.807) is 6.07 Å². The van der Waals surface area contributed by atoms with E-state index in [2.05, 4.69) is 21.2 Å². The molecule has 7 nitrogen and oxygen atoms in total. The fraction of sp³-hybridized carbons (Fsp3) is 0.312. The predicted molar refractivity (Wildman–Crippen MR) is 97.6 cm³/mol. The smallest absolute Gasteiger partial charge is 0.332 e. The zero-order valence-electron chi connectivity index (χ0n) is 13.5. The minimum atomic E-state index is -0.677. The summed E-state index contributed by atoms with van der Waals surface area (Å²) < 4.78 is 2.97. The Morgan fingerprint density at radius 2 is 1.96 bits per heavy atom. The molecule has 0 radical (unpaired) electrons. The van der Waals surface area contributed by atoms with Crippen molar-refractivity contribution in [2.75, 3.05) is 17.6 Å². The predicted octanol–water partition coefficient (Wildman–Crippen LogP) is 1.60. The summed E-state index contributed by atoms with van der Waals surface area (Å²) in [7, 11) is 1.34. The van der Waals surface area contributed by atoms with E-state index < -0.39 is 17.0 Å². The number of hydrogen-bond acceptors (Lipinski definition) is 5. The van der Waals surface area contributed by atoms with Crippen molar-refractivity contribution >= 4 is 33.2 Å². The second-order valence-electron chi connectivity index (χ2n) is 5.32. The summed E-state index contributed by atoms with van der Waals surface area (Å²) in [5.74, 6) is -0.544. The number of benzene rings is 1. The normalized spacial score (nSPS) is 10.6. The largest absolute Gasteiger partial charge is 0.384 e. The molecule has 0 saturated heterocycles. The lowest BCUT2D eigenvalue weighted by molar-refractivity contribution is 0.100. The number of para-hydroxylation sites is 1. The standard InChI is InChI=1S/C16H19BrN4O3/c1-3-8-21-14(18)13(15(23)20(2)16(21)24)12(22)9-19-11-7-5-4-6-10(11)17/h4-7,19H,3,8-9,18H2,1-2H3. The molecule has 1 aromatic heterocycles. The quantitative estimate of drug-likeness (QED) is 0.724. The Balaban J connectivity index is 2.37. The SMILES string of the molecule is CCCn1c(N)c(C(=O)CNc2ccccc2Br)c(=O)n(C)c1=O. The summed E-state index contributed by atoms with van der Waals surface area (Å²) in [6.07, 6.45) is 0.658. The highest BCUT2D eigenvalue weighted by Gasteiger charge is 2.21. The first-order chi connectivity index (χ1) is 11.4. The molecule has 0 atom stereocenters. The molecule has 2 rings (SSSR count). The maximum atomic E-state index is 12.5. The number of carbonyl (C=O) groups is 1. The second kappa shape index (κ2) is 7.48. The topological polar surface area (TPSA) is 99.1 Å². The number of Topliss-reactive ketones (excluding diaryl/α,β-unsaturated/α-hetero) is 1. The van der Waals surface area contributed by atoms with Gasteiger partial charge in [-0.15, -0.1) is 0 Å². The molecule has 128 valence electrons. The molecule has 3 N–H and O–H groups in total. The molecule has 2 aromatic rings. The lowest BCUT2D eigenvalue weighted by atomic mass is 10.2. The van der Waals surface area contributed by atoms with Gasteiger partial charge < -0.3 is 11.1 Å². The molecule has 0 aliphatic rings. The Bertz CT molecular complexity index is 886. The van der Waals surface area contributed by atoms with Gasteiger partial charge in [0.2, 0.25) is 0 Å². The monoisotopic (exact) mass is 394 g/mol. The number of rotatable bonds is 6. The molecule has 0 fully saturated rings. The van der Waals surface area contributed by atoms with E-state index in [9.17, 15) is 14.4 Å². The maximum absolute atomic E-state index is 12.5. The van der Waals surface area contributed by atoms with E-state index in [1.165, 1.54) is 11.6 Å². The summed E-state index contributed by atoms with van der Waals surface area (Å²) >= 11 is 3.38. The van der Waals surface area contributed by atoms with Crippen molar-refractivity contribution in [3.63, 3.8) is 0 Å². The lowest BCUT2D eigenvalue weighted by Gasteiger charge is -2.14. The van der Waals surface area contributed by atoms with E-state index in [-0.39, 0.29) is 17.9 Å². The van der Waals surface area contributed by atoms with Gasteiger partial charge in [0.25, 0.3) is 5.56 Å². The molecular formula is C16H19BrN4O3. The highest BCUT2D eigenvalue weighted by Crippen LogP contribution is 2.21. The first-order valence-electron chi connectivity index (χ1n) is 7.49. The number of hydrogen-bond donors (Lipinski definition) is 2. The van der Waals surface area contributed by atoms with Crippen LogP contribution in [-0.4, -0.2) is 21.5 Å². The van der Waals surface area contributed by atoms with Crippen molar-refractivity contribution in [2.24, 2.45) is 7.05 Å². The van der Waals surface area contributed by atoms with Gasteiger partial charge in [-0.05, 0) is 34.5 Å². The highest BCUT2D eigenvalue weighted by molar-refractivity contribution is 9.10. The molecular weight excluding hydrogens is 376 g/mol. The first kappa shape index (κ1) is 18.0. The van der Waals surface area contributed by atoms with Crippen molar-refractivity contribution in [2.45, 2.75) is 19.9 Å². The lowest BCUT2D eigenvalue weighted by Crippen LogP contribution is -2.43. The number of anilines is 2. The molecule has 1 aromatic carbocycles. The van der Waals surface area contributed by atoms with Crippen LogP contribution in [0.15, 0.2) is 38.3 Å². The number of carbonyl (C=O) groups excluding carboxylic acids is 1. The van der Waals surface area contributed by atoms with Crippen LogP contribution in [0.5, 0.6) is 0 Å². The molecule has 0 amide bonds. The molecule has 0 saturated carbocycles. The molecule has 8 heteroatoms. The van der Waals surface area contributed by atoms with Crippen molar-refractivity contribution in [1.29, 1.82) is 0 Å². The van der Waals surface area contributed by atoms with Crippen LogP contribution in [0.3, 0.4) is 0 Å². The molecule has 0 spiro atoms. The summed E-state index contributed by atoms with van der Waals surface area (Å²) in [5, 5.41) is 2.96. The van der Waals surface area contributed by atoms with Crippen LogP contribution in [0.2, 0.25) is 0 Å². The van der Waals surface area contributed by atoms with Gasteiger partial charge in [-0.2, -0.15) is 0 Å². The number of nitrogen functional groups attached to an aromatic ring is 1. The van der Waals surface area contributed by atoms with Crippen LogP contribution < -0.4 is 22.3 Å². The zero-order chi connectivity index (χ0) is 17.9. The van der Waals surface area contributed by atoms with Gasteiger partial charge in [0.05, 0.1) is 6.54 Å². The van der Waals surface area contributed by atoms with Crippen LogP contribution in [-0.2, 0) is 13.6 Å². The summed E-state index contributed by atoms with van der Waals surface area (Å²) in [6.45, 7) is 2.12. The number of nitrogens with two attached hydrogens (primary N) is 1. The van der Waals surface area contributed by atoms with Crippen molar-refractivity contribution in [3.05, 3.63) is 55.1 Å². The van der Waals surface area contributed by atoms with E-state index in [0.717, 1.165) is 14.7 Å². The van der Waals surface area contributed by atoms with E-state index in [0.29, 0.717) is 13.0 Å². The van der Waals surface area contributed by atoms with Crippen molar-refractivity contribution in [3.8, 4) is 0 Å². The van der Waals surface area contributed by atoms with E-state index in [4.69, 9.17) is 5.73 Å². The average molecular weight is 395 g/mol. The Hall–Kier alpha value is -2.35. The molecule has 1 heterocycles. The Morgan fingerprint density at radius 3 is 2.58 bits per heavy atom. The van der Waals surface area contributed by atoms with Gasteiger partial charge in [-0.3, -0.25) is 18.7 Å². The Labute approximate surface area is 147 Å². The summed E-state index contributed by atoms with van der Waals surface area (Å²) in [6, 6.07) is 7.32. The zero-order valence-corrected chi connectivity index (χ0v) is 15.1. The van der Waals surface area contributed by atoms with Gasteiger partial charge in [-0.1, -0.05) is 19.1 Å². The number of aromatic nitrogens is 2. The Morgan fingerprint density at radius 1 is 1.29 bits per heavy atom. The number of ketones is 1. The molecule has 0 bridgehead atoms.